The molecule has 1 amide bonds. The van der Waals surface area contributed by atoms with Gasteiger partial charge in [0.25, 0.3) is 5.91 Å². The number of pyridine rings is 1. The predicted octanol–water partition coefficient (Wildman–Crippen LogP) is 2.24. The fourth-order valence-corrected chi connectivity index (χ4v) is 3.06. The summed E-state index contributed by atoms with van der Waals surface area (Å²) in [5.74, 6) is 1.43. The number of carbonyl (C=O) groups is 1. The molecule has 0 spiro atoms. The number of amides is 1. The van der Waals surface area contributed by atoms with Gasteiger partial charge in [0, 0.05) is 18.3 Å². The topological polar surface area (TPSA) is 79.2 Å². The van der Waals surface area contributed by atoms with Crippen molar-refractivity contribution in [1.29, 1.82) is 0 Å². The van der Waals surface area contributed by atoms with Crippen LogP contribution in [-0.2, 0) is 0 Å². The summed E-state index contributed by atoms with van der Waals surface area (Å²) in [5.41, 5.74) is 1.82. The Balaban J connectivity index is 1.74. The maximum absolute atomic E-state index is 12.6. The van der Waals surface area contributed by atoms with Gasteiger partial charge < -0.3 is 4.74 Å². The second kappa shape index (κ2) is 6.18. The van der Waals surface area contributed by atoms with Crippen LogP contribution in [-0.4, -0.2) is 47.8 Å². The van der Waals surface area contributed by atoms with Crippen molar-refractivity contribution in [1.82, 2.24) is 15.2 Å². The molecular formula is C17H14ClN5O2. The second-order valence-corrected chi connectivity index (χ2v) is 5.80. The molecule has 0 bridgehead atoms. The van der Waals surface area contributed by atoms with Crippen LogP contribution in [0.3, 0.4) is 0 Å². The average molecular weight is 356 g/mol. The molecule has 1 N–H and O–H groups in total. The Hall–Kier alpha value is -2.93. The molecule has 2 aliphatic heterocycles. The number of ether oxygens (including phenoxy) is 1. The fourth-order valence-electron chi connectivity index (χ4n) is 2.85. The standard InChI is InChI=1S/C17H14ClN5O2/c1-25-12-6-2-4-10-13(12)21-17(23-9-8-20-15(10)23)22-16(24)11-5-3-7-19-14(11)18/h2-7H,8-9H2,1H3,(H,21,22,24). The van der Waals surface area contributed by atoms with Gasteiger partial charge >= 0.3 is 0 Å². The molecule has 2 aliphatic rings. The van der Waals surface area contributed by atoms with Crippen molar-refractivity contribution in [2.24, 2.45) is 9.98 Å². The summed E-state index contributed by atoms with van der Waals surface area (Å²) in [7, 11) is 1.58. The number of fused-ring (bicyclic) bond motifs is 3. The first kappa shape index (κ1) is 15.6. The number of para-hydroxylation sites is 1. The van der Waals surface area contributed by atoms with E-state index < -0.39 is 0 Å². The molecule has 2 aromatic rings. The monoisotopic (exact) mass is 355 g/mol. The van der Waals surface area contributed by atoms with Crippen LogP contribution in [0.25, 0.3) is 0 Å². The maximum Gasteiger partial charge on any atom is 0.261 e. The van der Waals surface area contributed by atoms with E-state index >= 15 is 0 Å². The van der Waals surface area contributed by atoms with Gasteiger partial charge in [-0.25, -0.2) is 9.98 Å². The third-order valence-electron chi connectivity index (χ3n) is 4.00. The van der Waals surface area contributed by atoms with Crippen molar-refractivity contribution in [2.45, 2.75) is 0 Å². The lowest BCUT2D eigenvalue weighted by Crippen LogP contribution is -2.47. The van der Waals surface area contributed by atoms with Crippen molar-refractivity contribution in [3.63, 3.8) is 0 Å². The summed E-state index contributed by atoms with van der Waals surface area (Å²) >= 11 is 6.01. The highest BCUT2D eigenvalue weighted by molar-refractivity contribution is 6.33. The highest BCUT2D eigenvalue weighted by atomic mass is 35.5. The number of hydrogen-bond donors (Lipinski definition) is 1. The molecule has 3 heterocycles. The van der Waals surface area contributed by atoms with E-state index in [0.29, 0.717) is 30.5 Å². The minimum atomic E-state index is -0.374. The van der Waals surface area contributed by atoms with Gasteiger partial charge in [-0.2, -0.15) is 0 Å². The number of carbonyl (C=O) groups excluding carboxylic acids is 1. The highest BCUT2D eigenvalue weighted by Crippen LogP contribution is 2.36. The summed E-state index contributed by atoms with van der Waals surface area (Å²) in [5, 5.41) is 2.96. The maximum atomic E-state index is 12.6. The van der Waals surface area contributed by atoms with Gasteiger partial charge in [-0.3, -0.25) is 20.0 Å². The van der Waals surface area contributed by atoms with Gasteiger partial charge in [0.1, 0.15) is 22.4 Å². The number of aliphatic imine (C=N–C) groups is 2. The normalized spacial score (nSPS) is 15.0. The number of amidine groups is 1. The van der Waals surface area contributed by atoms with E-state index in [1.165, 1.54) is 6.20 Å². The molecule has 0 saturated heterocycles. The number of methoxy groups -OCH3 is 1. The molecule has 4 rings (SSSR count). The van der Waals surface area contributed by atoms with Gasteiger partial charge in [0.05, 0.1) is 19.2 Å². The van der Waals surface area contributed by atoms with Crippen LogP contribution < -0.4 is 10.1 Å². The zero-order valence-electron chi connectivity index (χ0n) is 13.4. The smallest absolute Gasteiger partial charge is 0.261 e. The molecule has 0 radical (unpaired) electrons. The molecule has 7 nitrogen and oxygen atoms in total. The van der Waals surface area contributed by atoms with Crippen molar-refractivity contribution in [2.75, 3.05) is 20.2 Å². The van der Waals surface area contributed by atoms with E-state index in [-0.39, 0.29) is 16.6 Å². The summed E-state index contributed by atoms with van der Waals surface area (Å²) in [6.45, 7) is 1.28. The number of aromatic nitrogens is 1. The third kappa shape index (κ3) is 2.62. The van der Waals surface area contributed by atoms with Gasteiger partial charge in [-0.1, -0.05) is 17.7 Å². The summed E-state index contributed by atoms with van der Waals surface area (Å²) in [6, 6.07) is 8.93. The Labute approximate surface area is 149 Å². The van der Waals surface area contributed by atoms with Crippen molar-refractivity contribution in [3.05, 3.63) is 52.8 Å². The first-order valence-corrected chi connectivity index (χ1v) is 8.07. The number of guanidine groups is 1. The molecule has 1 aromatic heterocycles. The van der Waals surface area contributed by atoms with Gasteiger partial charge in [0.15, 0.2) is 0 Å². The van der Waals surface area contributed by atoms with E-state index in [1.54, 1.807) is 19.2 Å². The zero-order valence-corrected chi connectivity index (χ0v) is 14.1. The van der Waals surface area contributed by atoms with Crippen LogP contribution in [0.2, 0.25) is 5.15 Å². The first-order chi connectivity index (χ1) is 12.2. The fraction of sp³-hybridized carbons (Fsp3) is 0.176. The Kier molecular flexibility index (Phi) is 3.85. The number of benzene rings is 1. The molecule has 126 valence electrons. The molecular weight excluding hydrogens is 342 g/mol. The molecule has 0 fully saturated rings. The highest BCUT2D eigenvalue weighted by Gasteiger charge is 2.32. The van der Waals surface area contributed by atoms with Crippen LogP contribution >= 0.6 is 11.6 Å². The quantitative estimate of drug-likeness (QED) is 0.838. The number of halogens is 1. The Morgan fingerprint density at radius 3 is 3.00 bits per heavy atom. The molecule has 0 unspecified atom stereocenters. The summed E-state index contributed by atoms with van der Waals surface area (Å²) in [4.78, 5) is 27.5. The third-order valence-corrected chi connectivity index (χ3v) is 4.30. The first-order valence-electron chi connectivity index (χ1n) is 7.69. The molecule has 1 aromatic carbocycles. The SMILES string of the molecule is COc1cccc2c1N=C(NC(=O)c1cccnc1Cl)N1CCN=C21. The molecule has 0 aliphatic carbocycles. The van der Waals surface area contributed by atoms with Gasteiger partial charge in [-0.15, -0.1) is 0 Å². The van der Waals surface area contributed by atoms with Gasteiger partial charge in [-0.05, 0) is 24.3 Å². The van der Waals surface area contributed by atoms with Crippen LogP contribution in [0.1, 0.15) is 15.9 Å². The Morgan fingerprint density at radius 2 is 2.20 bits per heavy atom. The minimum absolute atomic E-state index is 0.143. The number of nitrogens with zero attached hydrogens (tertiary/aromatic N) is 4. The summed E-state index contributed by atoms with van der Waals surface area (Å²) in [6.07, 6.45) is 1.53. The molecule has 8 heteroatoms. The lowest BCUT2D eigenvalue weighted by Gasteiger charge is -2.28. The molecule has 25 heavy (non-hydrogen) atoms. The van der Waals surface area contributed by atoms with E-state index in [9.17, 15) is 4.79 Å². The van der Waals surface area contributed by atoms with Crippen molar-refractivity contribution >= 4 is 35.0 Å². The van der Waals surface area contributed by atoms with Gasteiger partial charge in [0.2, 0.25) is 5.96 Å². The number of rotatable bonds is 2. The van der Waals surface area contributed by atoms with Crippen LogP contribution in [0.4, 0.5) is 5.69 Å². The second-order valence-electron chi connectivity index (χ2n) is 5.44. The Morgan fingerprint density at radius 1 is 1.32 bits per heavy atom. The Bertz CT molecular complexity index is 925. The van der Waals surface area contributed by atoms with E-state index in [0.717, 1.165) is 11.4 Å². The van der Waals surface area contributed by atoms with E-state index in [2.05, 4.69) is 20.3 Å². The van der Waals surface area contributed by atoms with Crippen LogP contribution in [0.15, 0.2) is 46.5 Å². The van der Waals surface area contributed by atoms with E-state index in [4.69, 9.17) is 16.3 Å². The molecule has 0 atom stereocenters. The lowest BCUT2D eigenvalue weighted by atomic mass is 10.1. The van der Waals surface area contributed by atoms with Crippen molar-refractivity contribution in [3.8, 4) is 5.75 Å². The summed E-state index contributed by atoms with van der Waals surface area (Å²) < 4.78 is 5.39. The number of hydrogen-bond acceptors (Lipinski definition) is 6. The average Bonchev–Trinajstić information content (AvgIpc) is 3.12. The zero-order chi connectivity index (χ0) is 17.4. The lowest BCUT2D eigenvalue weighted by molar-refractivity contribution is 0.0974. The largest absolute Gasteiger partial charge is 0.494 e. The van der Waals surface area contributed by atoms with Crippen molar-refractivity contribution < 1.29 is 9.53 Å². The van der Waals surface area contributed by atoms with Crippen LogP contribution in [0.5, 0.6) is 5.75 Å². The predicted molar refractivity (Wildman–Crippen MR) is 94.9 cm³/mol. The van der Waals surface area contributed by atoms with Crippen LogP contribution in [0, 0.1) is 0 Å². The van der Waals surface area contributed by atoms with E-state index in [1.807, 2.05) is 23.1 Å². The number of nitrogens with one attached hydrogen (secondary N) is 1. The minimum Gasteiger partial charge on any atom is -0.494 e. The molecule has 0 saturated carbocycles.